The molecular formula is C13H17BrF3NO. The molecule has 19 heavy (non-hydrogen) atoms. The average molecular weight is 340 g/mol. The van der Waals surface area contributed by atoms with Crippen molar-refractivity contribution >= 4 is 15.9 Å². The molecule has 6 heteroatoms. The van der Waals surface area contributed by atoms with E-state index in [0.29, 0.717) is 24.0 Å². The van der Waals surface area contributed by atoms with E-state index in [0.717, 1.165) is 0 Å². The third-order valence-corrected chi connectivity index (χ3v) is 3.00. The first-order chi connectivity index (χ1) is 8.90. The number of hydrogen-bond donors (Lipinski definition) is 1. The Balaban J connectivity index is 3.15. The van der Waals surface area contributed by atoms with E-state index in [1.165, 1.54) is 6.07 Å². The number of ether oxygens (including phenoxy) is 1. The van der Waals surface area contributed by atoms with Crippen LogP contribution in [0.4, 0.5) is 13.2 Å². The average Bonchev–Trinajstić information content (AvgIpc) is 2.31. The van der Waals surface area contributed by atoms with E-state index < -0.39 is 12.2 Å². The fraction of sp³-hybridized carbons (Fsp3) is 0.538. The van der Waals surface area contributed by atoms with Gasteiger partial charge in [0.2, 0.25) is 0 Å². The van der Waals surface area contributed by atoms with Crippen molar-refractivity contribution in [1.82, 2.24) is 5.32 Å². The van der Waals surface area contributed by atoms with Gasteiger partial charge in [0.05, 0.1) is 6.61 Å². The molecule has 0 amide bonds. The van der Waals surface area contributed by atoms with Crippen molar-refractivity contribution in [2.75, 3.05) is 13.2 Å². The number of benzene rings is 1. The van der Waals surface area contributed by atoms with Gasteiger partial charge in [-0.15, -0.1) is 0 Å². The quantitative estimate of drug-likeness (QED) is 0.826. The molecule has 1 rings (SSSR count). The number of rotatable bonds is 6. The molecule has 0 bridgehead atoms. The lowest BCUT2D eigenvalue weighted by molar-refractivity contribution is -0.158. The van der Waals surface area contributed by atoms with E-state index in [2.05, 4.69) is 21.2 Å². The van der Waals surface area contributed by atoms with Gasteiger partial charge < -0.3 is 10.1 Å². The van der Waals surface area contributed by atoms with Crippen molar-refractivity contribution < 1.29 is 17.9 Å². The van der Waals surface area contributed by atoms with Crippen LogP contribution < -0.4 is 10.1 Å². The second-order valence-corrected chi connectivity index (χ2v) is 4.96. The van der Waals surface area contributed by atoms with Gasteiger partial charge >= 0.3 is 6.18 Å². The molecule has 1 aromatic carbocycles. The summed E-state index contributed by atoms with van der Waals surface area (Å²) in [6.07, 6.45) is -3.73. The Morgan fingerprint density at radius 1 is 1.32 bits per heavy atom. The van der Waals surface area contributed by atoms with Crippen LogP contribution in [-0.4, -0.2) is 19.3 Å². The fourth-order valence-corrected chi connectivity index (χ4v) is 2.10. The highest BCUT2D eigenvalue weighted by Crippen LogP contribution is 2.38. The van der Waals surface area contributed by atoms with Crippen LogP contribution in [0.1, 0.15) is 31.9 Å². The SMILES string of the molecule is CCCNC(c1cc(Br)ccc1OCC)C(F)(F)F. The molecule has 1 atom stereocenters. The molecule has 0 aliphatic carbocycles. The number of alkyl halides is 3. The lowest BCUT2D eigenvalue weighted by Crippen LogP contribution is -2.35. The van der Waals surface area contributed by atoms with Crippen LogP contribution in [0.15, 0.2) is 22.7 Å². The molecule has 1 N–H and O–H groups in total. The summed E-state index contributed by atoms with van der Waals surface area (Å²) in [6.45, 7) is 4.19. The molecule has 0 saturated carbocycles. The van der Waals surface area contributed by atoms with Crippen LogP contribution in [-0.2, 0) is 0 Å². The minimum atomic E-state index is -4.36. The molecule has 0 fully saturated rings. The molecule has 2 nitrogen and oxygen atoms in total. The minimum Gasteiger partial charge on any atom is -0.494 e. The summed E-state index contributed by atoms with van der Waals surface area (Å²) in [4.78, 5) is 0. The Hall–Kier alpha value is -0.750. The molecule has 0 radical (unpaired) electrons. The summed E-state index contributed by atoms with van der Waals surface area (Å²) in [7, 11) is 0. The van der Waals surface area contributed by atoms with Crippen LogP contribution in [0.3, 0.4) is 0 Å². The maximum absolute atomic E-state index is 13.1. The van der Waals surface area contributed by atoms with Crippen molar-refractivity contribution in [2.24, 2.45) is 0 Å². The summed E-state index contributed by atoms with van der Waals surface area (Å²) in [6, 6.07) is 2.95. The third-order valence-electron chi connectivity index (χ3n) is 2.51. The highest BCUT2D eigenvalue weighted by atomic mass is 79.9. The summed E-state index contributed by atoms with van der Waals surface area (Å²) in [5.41, 5.74) is 0.108. The second-order valence-electron chi connectivity index (χ2n) is 4.04. The van der Waals surface area contributed by atoms with Crippen LogP contribution in [0.25, 0.3) is 0 Å². The summed E-state index contributed by atoms with van der Waals surface area (Å²) < 4.78 is 45.3. The van der Waals surface area contributed by atoms with Crippen LogP contribution >= 0.6 is 15.9 Å². The monoisotopic (exact) mass is 339 g/mol. The van der Waals surface area contributed by atoms with Crippen molar-refractivity contribution in [1.29, 1.82) is 0 Å². The van der Waals surface area contributed by atoms with Crippen LogP contribution in [0.5, 0.6) is 5.75 Å². The molecule has 0 aliphatic rings. The van der Waals surface area contributed by atoms with Gasteiger partial charge in [-0.1, -0.05) is 22.9 Å². The molecular weight excluding hydrogens is 323 g/mol. The highest BCUT2D eigenvalue weighted by Gasteiger charge is 2.41. The fourth-order valence-electron chi connectivity index (χ4n) is 1.72. The lowest BCUT2D eigenvalue weighted by atomic mass is 10.0. The minimum absolute atomic E-state index is 0.108. The molecule has 0 heterocycles. The molecule has 0 saturated heterocycles. The van der Waals surface area contributed by atoms with E-state index in [9.17, 15) is 13.2 Å². The summed E-state index contributed by atoms with van der Waals surface area (Å²) in [5.74, 6) is 0.261. The zero-order valence-electron chi connectivity index (χ0n) is 10.9. The lowest BCUT2D eigenvalue weighted by Gasteiger charge is -2.24. The number of nitrogens with one attached hydrogen (secondary N) is 1. The summed E-state index contributed by atoms with van der Waals surface area (Å²) >= 11 is 3.20. The van der Waals surface area contributed by atoms with Gasteiger partial charge in [0.25, 0.3) is 0 Å². The van der Waals surface area contributed by atoms with Crippen molar-refractivity contribution in [3.05, 3.63) is 28.2 Å². The van der Waals surface area contributed by atoms with Gasteiger partial charge in [0, 0.05) is 10.0 Å². The molecule has 108 valence electrons. The van der Waals surface area contributed by atoms with Crippen LogP contribution in [0.2, 0.25) is 0 Å². The Labute approximate surface area is 119 Å². The normalized spacial score (nSPS) is 13.4. The van der Waals surface area contributed by atoms with E-state index in [1.54, 1.807) is 19.1 Å². The van der Waals surface area contributed by atoms with Gasteiger partial charge in [0.15, 0.2) is 0 Å². The maximum atomic E-state index is 13.1. The Morgan fingerprint density at radius 2 is 2.00 bits per heavy atom. The first-order valence-corrected chi connectivity index (χ1v) is 6.91. The smallest absolute Gasteiger partial charge is 0.408 e. The predicted molar refractivity (Wildman–Crippen MR) is 72.4 cm³/mol. The van der Waals surface area contributed by atoms with E-state index in [-0.39, 0.29) is 11.3 Å². The molecule has 0 aromatic heterocycles. The number of hydrogen-bond acceptors (Lipinski definition) is 2. The van der Waals surface area contributed by atoms with Crippen molar-refractivity contribution in [3.63, 3.8) is 0 Å². The van der Waals surface area contributed by atoms with Crippen molar-refractivity contribution in [3.8, 4) is 5.75 Å². The maximum Gasteiger partial charge on any atom is 0.408 e. The predicted octanol–water partition coefficient (Wildman–Crippen LogP) is 4.45. The first kappa shape index (κ1) is 16.3. The molecule has 0 aliphatic heterocycles. The van der Waals surface area contributed by atoms with Gasteiger partial charge in [0.1, 0.15) is 11.8 Å². The largest absolute Gasteiger partial charge is 0.494 e. The Morgan fingerprint density at radius 3 is 2.53 bits per heavy atom. The van der Waals surface area contributed by atoms with Gasteiger partial charge in [-0.05, 0) is 38.1 Å². The van der Waals surface area contributed by atoms with Crippen molar-refractivity contribution in [2.45, 2.75) is 32.5 Å². The molecule has 1 unspecified atom stereocenters. The zero-order valence-corrected chi connectivity index (χ0v) is 12.4. The van der Waals surface area contributed by atoms with Gasteiger partial charge in [-0.2, -0.15) is 13.2 Å². The standard InChI is InChI=1S/C13H17BrF3NO/c1-3-7-18-12(13(15,16)17)10-8-9(14)5-6-11(10)19-4-2/h5-6,8,12,18H,3-4,7H2,1-2H3. The van der Waals surface area contributed by atoms with E-state index >= 15 is 0 Å². The van der Waals surface area contributed by atoms with Crippen LogP contribution in [0, 0.1) is 0 Å². The first-order valence-electron chi connectivity index (χ1n) is 6.12. The topological polar surface area (TPSA) is 21.3 Å². The highest BCUT2D eigenvalue weighted by molar-refractivity contribution is 9.10. The van der Waals surface area contributed by atoms with E-state index in [1.807, 2.05) is 6.92 Å². The molecule has 1 aromatic rings. The summed E-state index contributed by atoms with van der Waals surface area (Å²) in [5, 5.41) is 2.53. The van der Waals surface area contributed by atoms with E-state index in [4.69, 9.17) is 4.74 Å². The zero-order chi connectivity index (χ0) is 14.5. The van der Waals surface area contributed by atoms with Gasteiger partial charge in [-0.25, -0.2) is 0 Å². The Bertz CT molecular complexity index is 409. The van der Waals surface area contributed by atoms with Gasteiger partial charge in [-0.3, -0.25) is 0 Å². The number of halogens is 4. The third kappa shape index (κ3) is 4.69. The Kier molecular flexibility index (Phi) is 6.13. The second kappa shape index (κ2) is 7.14. The molecule has 0 spiro atoms.